The smallest absolute Gasteiger partial charge is 0.206 e. The van der Waals surface area contributed by atoms with Crippen molar-refractivity contribution in [3.63, 3.8) is 0 Å². The molecule has 0 fully saturated rings. The number of rotatable bonds is 1. The zero-order valence-corrected chi connectivity index (χ0v) is 10.9. The van der Waals surface area contributed by atoms with E-state index in [0.717, 1.165) is 26.3 Å². The molecule has 0 radical (unpaired) electrons. The molecule has 0 atom stereocenters. The van der Waals surface area contributed by atoms with Crippen molar-refractivity contribution >= 4 is 34.9 Å². The largest absolute Gasteiger partial charge is 0.324 e. The minimum atomic E-state index is 0.242. The van der Waals surface area contributed by atoms with Crippen molar-refractivity contribution in [2.75, 3.05) is 5.32 Å². The molecule has 0 unspecified atom stereocenters. The molecule has 1 aliphatic rings. The van der Waals surface area contributed by atoms with E-state index in [9.17, 15) is 0 Å². The van der Waals surface area contributed by atoms with E-state index in [1.807, 2.05) is 20.8 Å². The lowest BCUT2D eigenvalue weighted by Gasteiger charge is -2.18. The molecule has 0 amide bonds. The van der Waals surface area contributed by atoms with Crippen molar-refractivity contribution in [2.24, 2.45) is 4.99 Å². The standard InChI is InChI=1S/C10H12N4S2/c1-5(2)12-10-13-8-6(3)7(4-11)15-9(8)16-14-10/h5H,1-3H3,(H2,12,13,14). The van der Waals surface area contributed by atoms with Crippen LogP contribution in [-0.2, 0) is 0 Å². The van der Waals surface area contributed by atoms with Gasteiger partial charge in [-0.25, -0.2) is 4.99 Å². The Bertz CT molecular complexity index is 482. The molecular weight excluding hydrogens is 240 g/mol. The average molecular weight is 252 g/mol. The Hall–Kier alpha value is -1.19. The second kappa shape index (κ2) is 4.36. The van der Waals surface area contributed by atoms with Gasteiger partial charge in [-0.15, -0.1) is 11.3 Å². The second-order valence-corrected chi connectivity index (χ2v) is 5.83. The summed E-state index contributed by atoms with van der Waals surface area (Å²) in [5.74, 6) is 0.762. The first-order valence-corrected chi connectivity index (χ1v) is 6.56. The van der Waals surface area contributed by atoms with Gasteiger partial charge in [-0.05, 0) is 20.8 Å². The molecule has 0 saturated carbocycles. The molecule has 1 aromatic rings. The van der Waals surface area contributed by atoms with Gasteiger partial charge in [0.1, 0.15) is 15.2 Å². The molecule has 0 aromatic carbocycles. The van der Waals surface area contributed by atoms with E-state index in [1.54, 1.807) is 0 Å². The van der Waals surface area contributed by atoms with Crippen molar-refractivity contribution in [2.45, 2.75) is 31.0 Å². The molecule has 2 N–H and O–H groups in total. The van der Waals surface area contributed by atoms with E-state index in [0.29, 0.717) is 0 Å². The number of nitrogens with zero attached hydrogens (tertiary/aromatic N) is 2. The molecule has 6 heteroatoms. The molecule has 4 nitrogen and oxygen atoms in total. The van der Waals surface area contributed by atoms with Crippen LogP contribution in [0.1, 0.15) is 24.3 Å². The zero-order chi connectivity index (χ0) is 11.7. The van der Waals surface area contributed by atoms with Gasteiger partial charge in [0, 0.05) is 23.6 Å². The van der Waals surface area contributed by atoms with Crippen LogP contribution in [0.2, 0.25) is 0 Å². The Kier molecular flexibility index (Phi) is 3.08. The van der Waals surface area contributed by atoms with Crippen LogP contribution in [0.4, 0.5) is 5.69 Å². The number of thiophene rings is 1. The predicted molar refractivity (Wildman–Crippen MR) is 69.0 cm³/mol. The average Bonchev–Trinajstić information content (AvgIpc) is 2.55. The number of anilines is 1. The number of guanidine groups is 1. The summed E-state index contributed by atoms with van der Waals surface area (Å²) in [4.78, 5) is 5.17. The van der Waals surface area contributed by atoms with Gasteiger partial charge in [-0.3, -0.25) is 4.72 Å². The van der Waals surface area contributed by atoms with Crippen LogP contribution in [0.5, 0.6) is 0 Å². The van der Waals surface area contributed by atoms with E-state index in [1.165, 1.54) is 23.3 Å². The van der Waals surface area contributed by atoms with E-state index in [2.05, 4.69) is 21.1 Å². The minimum absolute atomic E-state index is 0.242. The Balaban J connectivity index is 2.34. The maximum absolute atomic E-state index is 8.95. The van der Waals surface area contributed by atoms with Crippen molar-refractivity contribution in [3.8, 4) is 6.07 Å². The number of fused-ring (bicyclic) bond motifs is 1. The molecule has 0 spiro atoms. The topological polar surface area (TPSA) is 60.2 Å². The fraction of sp³-hybridized carbons (Fsp3) is 0.400. The molecule has 1 aromatic heterocycles. The van der Waals surface area contributed by atoms with Gasteiger partial charge < -0.3 is 5.32 Å². The third-order valence-electron chi connectivity index (χ3n) is 2.09. The molecule has 2 heterocycles. The van der Waals surface area contributed by atoms with Crippen LogP contribution in [-0.4, -0.2) is 12.0 Å². The molecule has 1 aliphatic heterocycles. The van der Waals surface area contributed by atoms with Crippen molar-refractivity contribution in [1.82, 2.24) is 4.72 Å². The van der Waals surface area contributed by atoms with Crippen LogP contribution >= 0.6 is 23.3 Å². The van der Waals surface area contributed by atoms with Gasteiger partial charge in [0.05, 0.1) is 5.69 Å². The summed E-state index contributed by atoms with van der Waals surface area (Å²) in [6.07, 6.45) is 0. The number of aliphatic imine (C=N–C) groups is 1. The highest BCUT2D eigenvalue weighted by Gasteiger charge is 2.21. The van der Waals surface area contributed by atoms with Gasteiger partial charge in [0.2, 0.25) is 5.96 Å². The van der Waals surface area contributed by atoms with E-state index >= 15 is 0 Å². The fourth-order valence-corrected chi connectivity index (χ4v) is 3.30. The number of nitriles is 1. The van der Waals surface area contributed by atoms with Crippen LogP contribution < -0.4 is 10.0 Å². The quantitative estimate of drug-likeness (QED) is 0.754. The van der Waals surface area contributed by atoms with Gasteiger partial charge in [0.15, 0.2) is 0 Å². The summed E-state index contributed by atoms with van der Waals surface area (Å²) in [6, 6.07) is 2.45. The zero-order valence-electron chi connectivity index (χ0n) is 9.29. The van der Waals surface area contributed by atoms with Crippen LogP contribution in [0.15, 0.2) is 9.20 Å². The van der Waals surface area contributed by atoms with E-state index in [4.69, 9.17) is 5.26 Å². The van der Waals surface area contributed by atoms with Crippen molar-refractivity contribution in [1.29, 1.82) is 5.26 Å². The summed E-state index contributed by atoms with van der Waals surface area (Å²) in [7, 11) is 0. The van der Waals surface area contributed by atoms with Crippen LogP contribution in [0.25, 0.3) is 0 Å². The third-order valence-corrected chi connectivity index (χ3v) is 4.26. The van der Waals surface area contributed by atoms with Crippen LogP contribution in [0, 0.1) is 18.3 Å². The van der Waals surface area contributed by atoms with Gasteiger partial charge in [-0.2, -0.15) is 5.26 Å². The molecule has 16 heavy (non-hydrogen) atoms. The minimum Gasteiger partial charge on any atom is -0.324 e. The monoisotopic (exact) mass is 252 g/mol. The van der Waals surface area contributed by atoms with E-state index < -0.39 is 0 Å². The SMILES string of the molecule is Cc1c(C#N)sc2c1NC(=NC(C)C)NS2. The lowest BCUT2D eigenvalue weighted by molar-refractivity contribution is 0.831. The maximum Gasteiger partial charge on any atom is 0.206 e. The molecule has 0 saturated heterocycles. The van der Waals surface area contributed by atoms with Gasteiger partial charge in [0.25, 0.3) is 0 Å². The second-order valence-electron chi connectivity index (χ2n) is 3.73. The summed E-state index contributed by atoms with van der Waals surface area (Å²) in [5, 5.41) is 12.2. The number of hydrogen-bond donors (Lipinski definition) is 2. The lowest BCUT2D eigenvalue weighted by Crippen LogP contribution is -2.29. The molecular formula is C10H12N4S2. The Morgan fingerprint density at radius 1 is 1.44 bits per heavy atom. The molecule has 0 aliphatic carbocycles. The number of nitrogens with one attached hydrogen (secondary N) is 2. The first kappa shape index (κ1) is 11.3. The fourth-order valence-electron chi connectivity index (χ4n) is 1.37. The van der Waals surface area contributed by atoms with Gasteiger partial charge >= 0.3 is 0 Å². The summed E-state index contributed by atoms with van der Waals surface area (Å²) >= 11 is 3.02. The normalized spacial score (nSPS) is 16.6. The molecule has 2 rings (SSSR count). The Labute approximate surface area is 103 Å². The summed E-state index contributed by atoms with van der Waals surface area (Å²) < 4.78 is 4.22. The predicted octanol–water partition coefficient (Wildman–Crippen LogP) is 2.71. The Morgan fingerprint density at radius 2 is 2.19 bits per heavy atom. The van der Waals surface area contributed by atoms with Crippen LogP contribution in [0.3, 0.4) is 0 Å². The highest BCUT2D eigenvalue weighted by molar-refractivity contribution is 8.00. The highest BCUT2D eigenvalue weighted by Crippen LogP contribution is 2.40. The van der Waals surface area contributed by atoms with E-state index in [-0.39, 0.29) is 6.04 Å². The first-order chi connectivity index (χ1) is 7.61. The van der Waals surface area contributed by atoms with Crippen molar-refractivity contribution < 1.29 is 0 Å². The highest BCUT2D eigenvalue weighted by atomic mass is 32.2. The number of hydrogen-bond acceptors (Lipinski definition) is 4. The summed E-state index contributed by atoms with van der Waals surface area (Å²) in [5.41, 5.74) is 2.03. The van der Waals surface area contributed by atoms with Crippen molar-refractivity contribution in [3.05, 3.63) is 10.4 Å². The Morgan fingerprint density at radius 3 is 2.81 bits per heavy atom. The maximum atomic E-state index is 8.95. The third kappa shape index (κ3) is 2.01. The molecule has 84 valence electrons. The van der Waals surface area contributed by atoms with Gasteiger partial charge in [-0.1, -0.05) is 0 Å². The first-order valence-electron chi connectivity index (χ1n) is 4.93. The lowest BCUT2D eigenvalue weighted by atomic mass is 10.2. The molecule has 0 bridgehead atoms. The summed E-state index contributed by atoms with van der Waals surface area (Å²) in [6.45, 7) is 6.01.